The van der Waals surface area contributed by atoms with Crippen LogP contribution in [-0.2, 0) is 4.79 Å². The van der Waals surface area contributed by atoms with Crippen LogP contribution in [0.4, 0.5) is 0 Å². The van der Waals surface area contributed by atoms with E-state index in [0.717, 1.165) is 24.1 Å². The van der Waals surface area contributed by atoms with Crippen LogP contribution >= 0.6 is 0 Å². The topological polar surface area (TPSA) is 83.7 Å². The average molecular weight is 421 g/mol. The zero-order valence-corrected chi connectivity index (χ0v) is 17.8. The zero-order valence-electron chi connectivity index (χ0n) is 17.8. The number of H-pyrrole nitrogens is 1. The summed E-state index contributed by atoms with van der Waals surface area (Å²) in [5.41, 5.74) is 2.87. The van der Waals surface area contributed by atoms with Gasteiger partial charge >= 0.3 is 0 Å². The number of nitrogens with zero attached hydrogens (tertiary/aromatic N) is 1. The van der Waals surface area contributed by atoms with E-state index in [9.17, 15) is 9.59 Å². The van der Waals surface area contributed by atoms with Crippen LogP contribution in [0, 0.1) is 0 Å². The maximum Gasteiger partial charge on any atom is 0.251 e. The summed E-state index contributed by atoms with van der Waals surface area (Å²) in [5.74, 6) is 1.59. The van der Waals surface area contributed by atoms with Crippen molar-refractivity contribution in [1.82, 2.24) is 15.2 Å². The number of methoxy groups -OCH3 is 2. The van der Waals surface area contributed by atoms with Crippen LogP contribution in [0.25, 0.3) is 10.9 Å². The summed E-state index contributed by atoms with van der Waals surface area (Å²) in [6.07, 6.45) is 3.85. The van der Waals surface area contributed by atoms with Gasteiger partial charge in [-0.15, -0.1) is 0 Å². The summed E-state index contributed by atoms with van der Waals surface area (Å²) in [4.78, 5) is 30.0. The lowest BCUT2D eigenvalue weighted by Gasteiger charge is -2.32. The number of rotatable bonds is 6. The molecule has 0 unspecified atom stereocenters. The van der Waals surface area contributed by atoms with Gasteiger partial charge in [0.15, 0.2) is 0 Å². The molecule has 0 spiro atoms. The molecule has 1 saturated heterocycles. The molecule has 1 aliphatic heterocycles. The summed E-state index contributed by atoms with van der Waals surface area (Å²) in [5, 5.41) is 3.90. The van der Waals surface area contributed by atoms with Gasteiger partial charge in [-0.3, -0.25) is 9.59 Å². The molecule has 2 amide bonds. The van der Waals surface area contributed by atoms with Crippen LogP contribution in [0.15, 0.2) is 48.7 Å². The monoisotopic (exact) mass is 421 g/mol. The Kier molecular flexibility index (Phi) is 6.11. The fraction of sp³-hybridized carbons (Fsp3) is 0.333. The van der Waals surface area contributed by atoms with Crippen LogP contribution in [0.3, 0.4) is 0 Å². The number of benzene rings is 2. The number of hydrogen-bond donors (Lipinski definition) is 2. The van der Waals surface area contributed by atoms with Gasteiger partial charge in [-0.05, 0) is 66.8 Å². The lowest BCUT2D eigenvalue weighted by molar-refractivity contribution is -0.131. The summed E-state index contributed by atoms with van der Waals surface area (Å²) in [7, 11) is 3.25. The van der Waals surface area contributed by atoms with E-state index in [1.54, 1.807) is 38.5 Å². The van der Waals surface area contributed by atoms with Gasteiger partial charge in [0.05, 0.1) is 20.8 Å². The summed E-state index contributed by atoms with van der Waals surface area (Å²) >= 11 is 0. The first kappa shape index (κ1) is 20.8. The SMILES string of the molecule is COc1ccc(C(=O)NCC(=O)N2CCC(c3c[nH]c4ccc(OC)cc34)CC2)cc1. The van der Waals surface area contributed by atoms with Crippen molar-refractivity contribution in [2.45, 2.75) is 18.8 Å². The van der Waals surface area contributed by atoms with Gasteiger partial charge in [-0.25, -0.2) is 0 Å². The van der Waals surface area contributed by atoms with E-state index < -0.39 is 0 Å². The number of ether oxygens (including phenoxy) is 2. The Labute approximate surface area is 181 Å². The Bertz CT molecular complexity index is 1070. The minimum atomic E-state index is -0.265. The number of aromatic nitrogens is 1. The highest BCUT2D eigenvalue weighted by molar-refractivity contribution is 5.96. The molecule has 31 heavy (non-hydrogen) atoms. The Hall–Kier alpha value is -3.48. The summed E-state index contributed by atoms with van der Waals surface area (Å²) in [6.45, 7) is 1.36. The van der Waals surface area contributed by atoms with E-state index in [4.69, 9.17) is 9.47 Å². The van der Waals surface area contributed by atoms with E-state index >= 15 is 0 Å². The van der Waals surface area contributed by atoms with Gasteiger partial charge in [0.2, 0.25) is 5.91 Å². The molecule has 1 aromatic heterocycles. The highest BCUT2D eigenvalue weighted by Crippen LogP contribution is 2.34. The molecule has 1 aliphatic rings. The number of piperidine rings is 1. The smallest absolute Gasteiger partial charge is 0.251 e. The molecule has 0 radical (unpaired) electrons. The number of carbonyl (C=O) groups is 2. The lowest BCUT2D eigenvalue weighted by atomic mass is 9.89. The first-order valence-corrected chi connectivity index (χ1v) is 10.4. The zero-order chi connectivity index (χ0) is 21.8. The summed E-state index contributed by atoms with van der Waals surface area (Å²) in [6, 6.07) is 12.9. The van der Waals surface area contributed by atoms with E-state index in [1.807, 2.05) is 17.0 Å². The molecule has 7 nitrogen and oxygen atoms in total. The van der Waals surface area contributed by atoms with Gasteiger partial charge in [0.25, 0.3) is 5.91 Å². The standard InChI is InChI=1S/C24H27N3O4/c1-30-18-5-3-17(4-6-18)24(29)26-15-23(28)27-11-9-16(10-12-27)21-14-25-22-8-7-19(31-2)13-20(21)22/h3-8,13-14,16,25H,9-12,15H2,1-2H3,(H,26,29). The van der Waals surface area contributed by atoms with Crippen molar-refractivity contribution in [2.24, 2.45) is 0 Å². The van der Waals surface area contributed by atoms with Gasteiger partial charge in [-0.1, -0.05) is 0 Å². The molecule has 3 aromatic rings. The van der Waals surface area contributed by atoms with Crippen molar-refractivity contribution in [3.8, 4) is 11.5 Å². The van der Waals surface area contributed by atoms with Crippen LogP contribution in [0.5, 0.6) is 11.5 Å². The van der Waals surface area contributed by atoms with E-state index in [1.165, 1.54) is 10.9 Å². The molecule has 1 fully saturated rings. The number of amides is 2. The van der Waals surface area contributed by atoms with Crippen LogP contribution < -0.4 is 14.8 Å². The maximum atomic E-state index is 12.6. The van der Waals surface area contributed by atoms with Gasteiger partial charge in [-0.2, -0.15) is 0 Å². The van der Waals surface area contributed by atoms with Crippen molar-refractivity contribution >= 4 is 22.7 Å². The van der Waals surface area contributed by atoms with Crippen LogP contribution in [-0.4, -0.2) is 55.6 Å². The second-order valence-corrected chi connectivity index (χ2v) is 7.72. The van der Waals surface area contributed by atoms with Crippen molar-refractivity contribution in [3.63, 3.8) is 0 Å². The lowest BCUT2D eigenvalue weighted by Crippen LogP contribution is -2.43. The van der Waals surface area contributed by atoms with E-state index in [2.05, 4.69) is 22.6 Å². The molecular formula is C24H27N3O4. The molecular weight excluding hydrogens is 394 g/mol. The molecule has 162 valence electrons. The summed E-state index contributed by atoms with van der Waals surface area (Å²) < 4.78 is 10.5. The fourth-order valence-corrected chi connectivity index (χ4v) is 4.14. The number of nitrogens with one attached hydrogen (secondary N) is 2. The molecule has 2 aromatic carbocycles. The second-order valence-electron chi connectivity index (χ2n) is 7.72. The third kappa shape index (κ3) is 4.50. The van der Waals surface area contributed by atoms with E-state index in [0.29, 0.717) is 30.3 Å². The molecule has 0 saturated carbocycles. The number of likely N-dealkylation sites (tertiary alicyclic amines) is 1. The molecule has 4 rings (SSSR count). The molecule has 0 bridgehead atoms. The highest BCUT2D eigenvalue weighted by Gasteiger charge is 2.25. The maximum absolute atomic E-state index is 12.6. The Morgan fingerprint density at radius 2 is 1.71 bits per heavy atom. The Morgan fingerprint density at radius 3 is 2.39 bits per heavy atom. The molecule has 2 N–H and O–H groups in total. The predicted octanol–water partition coefficient (Wildman–Crippen LogP) is 3.32. The van der Waals surface area contributed by atoms with E-state index in [-0.39, 0.29) is 18.4 Å². The predicted molar refractivity (Wildman–Crippen MR) is 119 cm³/mol. The molecule has 7 heteroatoms. The van der Waals surface area contributed by atoms with Crippen molar-refractivity contribution in [2.75, 3.05) is 33.9 Å². The molecule has 2 heterocycles. The largest absolute Gasteiger partial charge is 0.497 e. The van der Waals surface area contributed by atoms with Crippen LogP contribution in [0.1, 0.15) is 34.7 Å². The van der Waals surface area contributed by atoms with Gasteiger partial charge < -0.3 is 24.7 Å². The Balaban J connectivity index is 1.31. The Morgan fingerprint density at radius 1 is 1.03 bits per heavy atom. The molecule has 0 atom stereocenters. The fourth-order valence-electron chi connectivity index (χ4n) is 4.14. The third-order valence-electron chi connectivity index (χ3n) is 5.96. The first-order valence-electron chi connectivity index (χ1n) is 10.4. The number of carbonyl (C=O) groups excluding carboxylic acids is 2. The first-order chi connectivity index (χ1) is 15.1. The highest BCUT2D eigenvalue weighted by atomic mass is 16.5. The quantitative estimate of drug-likeness (QED) is 0.640. The molecule has 0 aliphatic carbocycles. The third-order valence-corrected chi connectivity index (χ3v) is 5.96. The number of fused-ring (bicyclic) bond motifs is 1. The number of aromatic amines is 1. The average Bonchev–Trinajstić information content (AvgIpc) is 3.25. The van der Waals surface area contributed by atoms with Gasteiger partial charge in [0, 0.05) is 35.8 Å². The van der Waals surface area contributed by atoms with Gasteiger partial charge in [0.1, 0.15) is 11.5 Å². The van der Waals surface area contributed by atoms with Crippen molar-refractivity contribution in [3.05, 3.63) is 59.8 Å². The second kappa shape index (κ2) is 9.12. The van der Waals surface area contributed by atoms with Crippen LogP contribution in [0.2, 0.25) is 0 Å². The van der Waals surface area contributed by atoms with Crippen molar-refractivity contribution in [1.29, 1.82) is 0 Å². The minimum absolute atomic E-state index is 0.000185. The minimum Gasteiger partial charge on any atom is -0.497 e. The van der Waals surface area contributed by atoms with Crippen molar-refractivity contribution < 1.29 is 19.1 Å². The number of hydrogen-bond acceptors (Lipinski definition) is 4. The normalized spacial score (nSPS) is 14.5.